The van der Waals surface area contributed by atoms with Gasteiger partial charge in [-0.05, 0) is 27.7 Å². The summed E-state index contributed by atoms with van der Waals surface area (Å²) in [6, 6.07) is 1.72. The molecule has 0 radical (unpaired) electrons. The fraction of sp³-hybridized carbons (Fsp3) is 0.500. The van der Waals surface area contributed by atoms with Gasteiger partial charge < -0.3 is 18.9 Å². The average Bonchev–Trinajstić information content (AvgIpc) is 2.81. The third kappa shape index (κ3) is 9.78. The normalized spacial score (nSPS) is 11.3. The monoisotopic (exact) mass is 512 g/mol. The van der Waals surface area contributed by atoms with Crippen molar-refractivity contribution < 1.29 is 38.4 Å². The highest BCUT2D eigenvalue weighted by Crippen LogP contribution is 2.36. The molecule has 0 aromatic heterocycles. The first kappa shape index (κ1) is 29.5. The van der Waals surface area contributed by atoms with Crippen LogP contribution in [0, 0.1) is 20.2 Å². The van der Waals surface area contributed by atoms with Crippen LogP contribution in [0.1, 0.15) is 40.5 Å². The number of anilines is 2. The Morgan fingerprint density at radius 1 is 0.722 bits per heavy atom. The first-order valence-electron chi connectivity index (χ1n) is 10.8. The van der Waals surface area contributed by atoms with Crippen LogP contribution in [-0.2, 0) is 28.5 Å². The van der Waals surface area contributed by atoms with Gasteiger partial charge in [0.1, 0.15) is 24.2 Å². The first-order chi connectivity index (χ1) is 17.2. The van der Waals surface area contributed by atoms with Gasteiger partial charge in [0.2, 0.25) is 11.8 Å². The number of hydrazone groups is 2. The number of nitro groups is 2. The summed E-state index contributed by atoms with van der Waals surface area (Å²) in [5, 5.41) is 30.8. The summed E-state index contributed by atoms with van der Waals surface area (Å²) >= 11 is 0. The van der Waals surface area contributed by atoms with Gasteiger partial charge in [-0.25, -0.2) is 0 Å². The van der Waals surface area contributed by atoms with Crippen molar-refractivity contribution in [2.24, 2.45) is 10.2 Å². The van der Waals surface area contributed by atoms with Gasteiger partial charge in [0.25, 0.3) is 0 Å². The third-order valence-corrected chi connectivity index (χ3v) is 3.93. The van der Waals surface area contributed by atoms with E-state index in [4.69, 9.17) is 18.9 Å². The van der Waals surface area contributed by atoms with Crippen molar-refractivity contribution in [2.75, 3.05) is 37.3 Å². The lowest BCUT2D eigenvalue weighted by Gasteiger charge is -2.11. The molecule has 0 amide bonds. The van der Waals surface area contributed by atoms with Crippen molar-refractivity contribution in [2.45, 2.75) is 40.5 Å². The van der Waals surface area contributed by atoms with Crippen molar-refractivity contribution in [3.63, 3.8) is 0 Å². The molecule has 0 bridgehead atoms. The van der Waals surface area contributed by atoms with E-state index in [2.05, 4.69) is 21.1 Å². The second-order valence-electron chi connectivity index (χ2n) is 6.47. The molecular formula is C20H28N6O10. The zero-order valence-electron chi connectivity index (χ0n) is 20.3. The molecule has 16 nitrogen and oxygen atoms in total. The number of nitrogens with zero attached hydrogens (tertiary/aromatic N) is 4. The number of esters is 2. The second-order valence-corrected chi connectivity index (χ2v) is 6.47. The van der Waals surface area contributed by atoms with Crippen LogP contribution < -0.4 is 10.9 Å². The Kier molecular flexibility index (Phi) is 12.6. The molecule has 36 heavy (non-hydrogen) atoms. The predicted molar refractivity (Wildman–Crippen MR) is 128 cm³/mol. The Labute approximate surface area is 205 Å². The maximum atomic E-state index is 11.7. The molecule has 0 fully saturated rings. The van der Waals surface area contributed by atoms with E-state index in [1.165, 1.54) is 0 Å². The lowest BCUT2D eigenvalue weighted by Crippen LogP contribution is -2.16. The van der Waals surface area contributed by atoms with E-state index in [0.717, 1.165) is 6.07 Å². The molecule has 0 aliphatic heterocycles. The minimum absolute atomic E-state index is 0.121. The van der Waals surface area contributed by atoms with Gasteiger partial charge in [-0.1, -0.05) is 0 Å². The van der Waals surface area contributed by atoms with Crippen LogP contribution in [0.25, 0.3) is 0 Å². The van der Waals surface area contributed by atoms with Gasteiger partial charge in [-0.3, -0.25) is 40.7 Å². The molecule has 0 aliphatic carbocycles. The van der Waals surface area contributed by atoms with Crippen LogP contribution in [0.3, 0.4) is 0 Å². The van der Waals surface area contributed by atoms with Crippen molar-refractivity contribution in [3.8, 4) is 0 Å². The highest BCUT2D eigenvalue weighted by molar-refractivity contribution is 5.95. The molecule has 2 N–H and O–H groups in total. The molecule has 0 atom stereocenters. The number of hydrogen-bond donors (Lipinski definition) is 2. The highest BCUT2D eigenvalue weighted by atomic mass is 16.6. The van der Waals surface area contributed by atoms with Crippen LogP contribution in [0.4, 0.5) is 22.7 Å². The minimum Gasteiger partial charge on any atom is -0.480 e. The van der Waals surface area contributed by atoms with Gasteiger partial charge >= 0.3 is 23.3 Å². The quantitative estimate of drug-likeness (QED) is 0.121. The lowest BCUT2D eigenvalue weighted by molar-refractivity contribution is -0.393. The topological polar surface area (TPSA) is 206 Å². The number of ether oxygens (including phenoxy) is 4. The number of carbonyl (C=O) groups is 2. The molecule has 0 unspecified atom stereocenters. The number of rotatable bonds is 14. The molecule has 198 valence electrons. The van der Waals surface area contributed by atoms with Crippen LogP contribution in [0.15, 0.2) is 22.3 Å². The Morgan fingerprint density at radius 2 is 1.08 bits per heavy atom. The fourth-order valence-electron chi connectivity index (χ4n) is 2.55. The van der Waals surface area contributed by atoms with Gasteiger partial charge in [0.05, 0.1) is 42.3 Å². The number of carbonyl (C=O) groups excluding carboxylic acids is 2. The molecule has 0 spiro atoms. The van der Waals surface area contributed by atoms with Gasteiger partial charge in [-0.15, -0.1) is 10.2 Å². The van der Waals surface area contributed by atoms with E-state index in [1.54, 1.807) is 27.7 Å². The maximum absolute atomic E-state index is 11.7. The average molecular weight is 512 g/mol. The second kappa shape index (κ2) is 15.4. The summed E-state index contributed by atoms with van der Waals surface area (Å²) in [5.74, 6) is -1.51. The van der Waals surface area contributed by atoms with E-state index in [9.17, 15) is 29.8 Å². The molecule has 0 heterocycles. The molecule has 0 saturated carbocycles. The highest BCUT2D eigenvalue weighted by Gasteiger charge is 2.25. The van der Waals surface area contributed by atoms with E-state index in [1.807, 2.05) is 0 Å². The summed E-state index contributed by atoms with van der Waals surface area (Å²) in [4.78, 5) is 44.9. The summed E-state index contributed by atoms with van der Waals surface area (Å²) in [5.41, 5.74) is 2.89. The largest absolute Gasteiger partial charge is 0.480 e. The SMILES string of the molecule is CCOC(=O)C/C(=N/Nc1cc(N/N=C(/CC(=O)OCC)OCC)c([N+](=O)[O-])cc1[N+](=O)[O-])OCC. The van der Waals surface area contributed by atoms with E-state index in [0.29, 0.717) is 6.07 Å². The minimum atomic E-state index is -0.851. The zero-order chi connectivity index (χ0) is 27.1. The molecule has 1 rings (SSSR count). The van der Waals surface area contributed by atoms with Gasteiger partial charge in [0.15, 0.2) is 0 Å². The maximum Gasteiger partial charge on any atom is 0.315 e. The molecule has 1 aromatic rings. The predicted octanol–water partition coefficient (Wildman–Crippen LogP) is 2.93. The molecular weight excluding hydrogens is 484 g/mol. The van der Waals surface area contributed by atoms with E-state index in [-0.39, 0.29) is 62.4 Å². The van der Waals surface area contributed by atoms with Gasteiger partial charge in [0, 0.05) is 6.07 Å². The van der Waals surface area contributed by atoms with E-state index < -0.39 is 33.2 Å². The number of benzene rings is 1. The molecule has 0 saturated heterocycles. The standard InChI is InChI=1S/C20H28N6O10/c1-5-33-17(11-19(27)35-7-3)23-21-13-9-14(16(26(31)32)10-15(13)25(29)30)22-24-18(34-6-2)12-20(28)36-8-4/h9-10,21-22H,5-8,11-12H2,1-4H3/b23-17-,24-18-. The van der Waals surface area contributed by atoms with Crippen molar-refractivity contribution >= 4 is 46.5 Å². The third-order valence-electron chi connectivity index (χ3n) is 3.93. The lowest BCUT2D eigenvalue weighted by atomic mass is 10.2. The van der Waals surface area contributed by atoms with Crippen LogP contribution in [0.5, 0.6) is 0 Å². The van der Waals surface area contributed by atoms with Crippen LogP contribution in [-0.4, -0.2) is 60.0 Å². The molecule has 0 aliphatic rings. The van der Waals surface area contributed by atoms with Crippen LogP contribution in [0.2, 0.25) is 0 Å². The van der Waals surface area contributed by atoms with Gasteiger partial charge in [-0.2, -0.15) is 0 Å². The van der Waals surface area contributed by atoms with Crippen molar-refractivity contribution in [3.05, 3.63) is 32.4 Å². The molecule has 1 aromatic carbocycles. The summed E-state index contributed by atoms with van der Waals surface area (Å²) < 4.78 is 20.2. The summed E-state index contributed by atoms with van der Waals surface area (Å²) in [6.07, 6.45) is -0.702. The summed E-state index contributed by atoms with van der Waals surface area (Å²) in [6.45, 7) is 7.07. The Morgan fingerprint density at radius 3 is 1.39 bits per heavy atom. The van der Waals surface area contributed by atoms with Crippen molar-refractivity contribution in [1.29, 1.82) is 0 Å². The van der Waals surface area contributed by atoms with E-state index >= 15 is 0 Å². The fourth-order valence-corrected chi connectivity index (χ4v) is 2.55. The van der Waals surface area contributed by atoms with Crippen LogP contribution >= 0.6 is 0 Å². The molecule has 16 heteroatoms. The number of nitrogens with one attached hydrogen (secondary N) is 2. The number of nitro benzene ring substituents is 2. The summed E-state index contributed by atoms with van der Waals surface area (Å²) in [7, 11) is 0. The smallest absolute Gasteiger partial charge is 0.315 e. The number of hydrogen-bond acceptors (Lipinski definition) is 14. The zero-order valence-corrected chi connectivity index (χ0v) is 20.3. The Bertz CT molecular complexity index is 936. The Hall–Kier alpha value is -4.50. The Balaban J connectivity index is 3.40. The first-order valence-corrected chi connectivity index (χ1v) is 10.8. The van der Waals surface area contributed by atoms with Crippen molar-refractivity contribution in [1.82, 2.24) is 0 Å².